The summed E-state index contributed by atoms with van der Waals surface area (Å²) in [5.41, 5.74) is 3.15. The van der Waals surface area contributed by atoms with Crippen molar-refractivity contribution in [3.63, 3.8) is 0 Å². The predicted octanol–water partition coefficient (Wildman–Crippen LogP) is 4.12. The highest BCUT2D eigenvalue weighted by Crippen LogP contribution is 2.64. The van der Waals surface area contributed by atoms with Crippen LogP contribution in [-0.2, 0) is 16.6 Å². The van der Waals surface area contributed by atoms with Crippen LogP contribution in [0.5, 0.6) is 11.5 Å². The molecule has 1 spiro atoms. The molecule has 2 bridgehead atoms. The van der Waals surface area contributed by atoms with Gasteiger partial charge in [0.2, 0.25) is 5.91 Å². The molecule has 3 unspecified atom stereocenters. The molecule has 3 fully saturated rings. The number of hydrogen-bond donors (Lipinski definition) is 1. The zero-order valence-corrected chi connectivity index (χ0v) is 20.7. The van der Waals surface area contributed by atoms with Crippen LogP contribution in [0.2, 0.25) is 0 Å². The Morgan fingerprint density at radius 3 is 2.89 bits per heavy atom. The van der Waals surface area contributed by atoms with E-state index in [0.29, 0.717) is 17.7 Å². The van der Waals surface area contributed by atoms with Crippen molar-refractivity contribution in [1.29, 1.82) is 0 Å². The number of nitrogens with zero attached hydrogens (tertiary/aromatic N) is 2. The van der Waals surface area contributed by atoms with Crippen LogP contribution in [0, 0.1) is 11.8 Å². The highest BCUT2D eigenvalue weighted by atomic mass is 16.5. The number of benzene rings is 1. The molecule has 3 aliphatic carbocycles. The van der Waals surface area contributed by atoms with E-state index in [4.69, 9.17) is 9.15 Å². The van der Waals surface area contributed by atoms with Gasteiger partial charge in [0.05, 0.1) is 50.2 Å². The highest BCUT2D eigenvalue weighted by molar-refractivity contribution is 5.91. The van der Waals surface area contributed by atoms with Gasteiger partial charge in [-0.05, 0) is 50.0 Å². The lowest BCUT2D eigenvalue weighted by Gasteiger charge is -2.62. The number of quaternary nitrogens is 1. The molecule has 1 saturated heterocycles. The van der Waals surface area contributed by atoms with Gasteiger partial charge in [0.1, 0.15) is 17.6 Å². The number of likely N-dealkylation sites (N-methyl/N-ethyl adjacent to an activating group) is 2. The third kappa shape index (κ3) is 3.01. The second-order valence-corrected chi connectivity index (χ2v) is 12.0. The molecule has 2 aromatic rings. The topological polar surface area (TPSA) is 62.9 Å². The van der Waals surface area contributed by atoms with Crippen molar-refractivity contribution in [2.24, 2.45) is 11.8 Å². The third-order valence-electron chi connectivity index (χ3n) is 10.2. The number of phenolic OH excluding ortho intramolecular Hbond substituents is 1. The molecule has 5 aliphatic rings. The fourth-order valence-corrected chi connectivity index (χ4v) is 8.32. The van der Waals surface area contributed by atoms with Crippen molar-refractivity contribution in [1.82, 2.24) is 4.90 Å². The van der Waals surface area contributed by atoms with E-state index < -0.39 is 0 Å². The van der Waals surface area contributed by atoms with Crippen LogP contribution < -0.4 is 4.74 Å². The molecule has 7 rings (SSSR count). The van der Waals surface area contributed by atoms with E-state index in [1.165, 1.54) is 24.9 Å². The molecule has 1 aromatic heterocycles. The maximum absolute atomic E-state index is 13.2. The van der Waals surface area contributed by atoms with Gasteiger partial charge in [-0.25, -0.2) is 0 Å². The second kappa shape index (κ2) is 7.39. The lowest BCUT2D eigenvalue weighted by Crippen LogP contribution is -2.73. The number of ether oxygens (including phenoxy) is 1. The predicted molar refractivity (Wildman–Crippen MR) is 132 cm³/mol. The number of likely N-dealkylation sites (tertiary alicyclic amines) is 1. The lowest BCUT2D eigenvalue weighted by molar-refractivity contribution is -0.946. The summed E-state index contributed by atoms with van der Waals surface area (Å²) in [7, 11) is 4.39. The average Bonchev–Trinajstić information content (AvgIpc) is 3.37. The van der Waals surface area contributed by atoms with Gasteiger partial charge in [-0.2, -0.15) is 0 Å². The van der Waals surface area contributed by atoms with E-state index in [0.717, 1.165) is 59.5 Å². The van der Waals surface area contributed by atoms with Crippen molar-refractivity contribution >= 4 is 12.0 Å². The fourth-order valence-electron chi connectivity index (χ4n) is 8.32. The number of aromatic hydroxyl groups is 1. The summed E-state index contributed by atoms with van der Waals surface area (Å²) in [6.45, 7) is 2.41. The largest absolute Gasteiger partial charge is 0.508 e. The Kier molecular flexibility index (Phi) is 4.55. The van der Waals surface area contributed by atoms with Crippen molar-refractivity contribution in [2.45, 2.75) is 62.1 Å². The molecule has 6 atom stereocenters. The van der Waals surface area contributed by atoms with E-state index in [1.54, 1.807) is 18.6 Å². The van der Waals surface area contributed by atoms with Gasteiger partial charge in [0.25, 0.3) is 0 Å². The van der Waals surface area contributed by atoms with Gasteiger partial charge in [-0.15, -0.1) is 0 Å². The normalized spacial score (nSPS) is 36.6. The minimum Gasteiger partial charge on any atom is -0.508 e. The summed E-state index contributed by atoms with van der Waals surface area (Å²) in [4.78, 5) is 15.1. The zero-order chi connectivity index (χ0) is 23.9. The Bertz CT molecular complexity index is 1200. The van der Waals surface area contributed by atoms with Crippen LogP contribution in [0.1, 0.15) is 48.8 Å². The summed E-state index contributed by atoms with van der Waals surface area (Å²) in [6, 6.07) is 6.14. The Hall–Kier alpha value is -2.73. The lowest BCUT2D eigenvalue weighted by atomic mass is 9.50. The van der Waals surface area contributed by atoms with Crippen molar-refractivity contribution in [3.8, 4) is 11.5 Å². The first kappa shape index (κ1) is 21.5. The third-order valence-corrected chi connectivity index (χ3v) is 10.2. The van der Waals surface area contributed by atoms with Crippen molar-refractivity contribution in [3.05, 3.63) is 53.5 Å². The van der Waals surface area contributed by atoms with Crippen LogP contribution in [0.4, 0.5) is 0 Å². The van der Waals surface area contributed by atoms with E-state index in [9.17, 15) is 9.90 Å². The quantitative estimate of drug-likeness (QED) is 0.522. The summed E-state index contributed by atoms with van der Waals surface area (Å²) >= 11 is 0. The number of piperidine rings is 1. The van der Waals surface area contributed by atoms with E-state index in [-0.39, 0.29) is 23.5 Å². The first-order valence-electron chi connectivity index (χ1n) is 13.2. The Labute approximate surface area is 206 Å². The number of carbonyl (C=O) groups excluding carboxylic acids is 1. The molecule has 35 heavy (non-hydrogen) atoms. The summed E-state index contributed by atoms with van der Waals surface area (Å²) in [6.07, 6.45) is 13.4. The Morgan fingerprint density at radius 1 is 1.26 bits per heavy atom. The molecular formula is C29H35N2O4+. The van der Waals surface area contributed by atoms with E-state index in [1.807, 2.05) is 36.2 Å². The maximum atomic E-state index is 13.2. The first-order chi connectivity index (χ1) is 16.9. The molecule has 0 radical (unpaired) electrons. The van der Waals surface area contributed by atoms with Gasteiger partial charge in [-0.1, -0.05) is 0 Å². The summed E-state index contributed by atoms with van der Waals surface area (Å²) < 4.78 is 13.0. The van der Waals surface area contributed by atoms with E-state index in [2.05, 4.69) is 7.05 Å². The smallest absolute Gasteiger partial charge is 0.246 e. The zero-order valence-electron chi connectivity index (χ0n) is 20.7. The van der Waals surface area contributed by atoms with Gasteiger partial charge < -0.3 is 23.6 Å². The fraction of sp³-hybridized carbons (Fsp3) is 0.552. The monoisotopic (exact) mass is 475 g/mol. The highest BCUT2D eigenvalue weighted by Gasteiger charge is 2.69. The van der Waals surface area contributed by atoms with Crippen molar-refractivity contribution in [2.75, 3.05) is 27.2 Å². The van der Waals surface area contributed by atoms with Crippen LogP contribution in [0.15, 0.2) is 41.2 Å². The molecule has 6 heteroatoms. The maximum Gasteiger partial charge on any atom is 0.246 e. The molecule has 1 amide bonds. The van der Waals surface area contributed by atoms with Gasteiger partial charge >= 0.3 is 0 Å². The van der Waals surface area contributed by atoms with Gasteiger partial charge in [0.15, 0.2) is 0 Å². The van der Waals surface area contributed by atoms with Crippen LogP contribution in [-0.4, -0.2) is 65.8 Å². The van der Waals surface area contributed by atoms with Crippen molar-refractivity contribution < 1.29 is 23.5 Å². The number of hydrogen-bond acceptors (Lipinski definition) is 4. The number of amides is 1. The molecule has 184 valence electrons. The molecular weight excluding hydrogens is 440 g/mol. The molecule has 1 aromatic carbocycles. The standard InChI is InChI=1S/C29H34N2O4/c1-30(26(33)10-5-19-11-14-34-17-19)22-7-6-21-23-15-20-24(32)8-9-25-27(20)29(21,28(22)35-25)12-13-31(23,2)16-18-3-4-18/h5,8-11,14,17-18,21-23,28H,3-4,6-7,12-13,15-16H2,1-2H3/p+1/t21?,22-,23?,28?,29+,31-/m1/s1. The van der Waals surface area contributed by atoms with E-state index >= 15 is 0 Å². The van der Waals surface area contributed by atoms with Gasteiger partial charge in [-0.3, -0.25) is 4.79 Å². The van der Waals surface area contributed by atoms with Gasteiger partial charge in [0, 0.05) is 54.5 Å². The molecule has 3 heterocycles. The van der Waals surface area contributed by atoms with Crippen LogP contribution >= 0.6 is 0 Å². The molecule has 1 N–H and O–H groups in total. The van der Waals surface area contributed by atoms with Crippen LogP contribution in [0.25, 0.3) is 6.08 Å². The number of phenols is 1. The molecule has 2 aliphatic heterocycles. The summed E-state index contributed by atoms with van der Waals surface area (Å²) in [5, 5.41) is 11.0. The number of carbonyl (C=O) groups is 1. The molecule has 6 nitrogen and oxygen atoms in total. The Morgan fingerprint density at radius 2 is 2.11 bits per heavy atom. The number of rotatable bonds is 5. The molecule has 2 saturated carbocycles. The van der Waals surface area contributed by atoms with Crippen LogP contribution in [0.3, 0.4) is 0 Å². The minimum atomic E-state index is -0.112. The SMILES string of the molecule is CN(C(=O)C=Cc1ccoc1)[C@@H]1CCC2C3Cc4c(O)ccc5c4[C@@]2(CC[N@+]3(C)CC2CC2)C1O5. The first-order valence-corrected chi connectivity index (χ1v) is 13.2. The minimum absolute atomic E-state index is 0.00815. The number of furan rings is 1. The second-order valence-electron chi connectivity index (χ2n) is 12.0. The average molecular weight is 476 g/mol. The summed E-state index contributed by atoms with van der Waals surface area (Å²) in [5.74, 6) is 2.75. The Balaban J connectivity index is 1.26.